The number of ether oxygens (including phenoxy) is 2. The summed E-state index contributed by atoms with van der Waals surface area (Å²) in [6.45, 7) is 0. The van der Waals surface area contributed by atoms with Crippen molar-refractivity contribution in [3.8, 4) is 0 Å². The lowest BCUT2D eigenvalue weighted by atomic mass is 9.87. The highest BCUT2D eigenvalue weighted by Gasteiger charge is 2.34. The van der Waals surface area contributed by atoms with Crippen LogP contribution in [0.1, 0.15) is 11.1 Å². The van der Waals surface area contributed by atoms with E-state index < -0.39 is 24.5 Å². The van der Waals surface area contributed by atoms with E-state index in [1.807, 2.05) is 24.3 Å². The first-order chi connectivity index (χ1) is 8.56. The molecule has 2 N–H and O–H groups in total. The Bertz CT molecular complexity index is 426. The molecule has 2 atom stereocenters. The van der Waals surface area contributed by atoms with Crippen LogP contribution in [0.25, 0.3) is 0 Å². The van der Waals surface area contributed by atoms with Crippen LogP contribution in [0.3, 0.4) is 0 Å². The number of rotatable bonds is 2. The maximum absolute atomic E-state index is 10.6. The number of benzene rings is 1. The van der Waals surface area contributed by atoms with Crippen molar-refractivity contribution < 1.29 is 29.3 Å². The van der Waals surface area contributed by atoms with E-state index in [1.165, 1.54) is 0 Å². The van der Waals surface area contributed by atoms with Crippen molar-refractivity contribution in [1.82, 2.24) is 0 Å². The van der Waals surface area contributed by atoms with Gasteiger partial charge in [-0.1, -0.05) is 24.3 Å². The van der Waals surface area contributed by atoms with Crippen LogP contribution >= 0.6 is 0 Å². The average Bonchev–Trinajstić information content (AvgIpc) is 2.28. The monoisotopic (exact) mass is 252 g/mol. The molecule has 0 radical (unpaired) electrons. The largest absolute Gasteiger partial charge is 0.506 e. The molecule has 18 heavy (non-hydrogen) atoms. The molecule has 0 saturated carbocycles. The standard InChI is InChI=1S/C12H12O6/c13-11(14)17-9-5-7-3-1-2-4-8(7)6-10(9)18-12(15)16/h1-4,9-10H,5-6H2,(H,13,14)(H,15,16). The van der Waals surface area contributed by atoms with Crippen LogP contribution in [-0.2, 0) is 22.3 Å². The first kappa shape index (κ1) is 12.2. The SMILES string of the molecule is O=C(O)OC1Cc2ccccc2CC1OC(=O)O. The Labute approximate surface area is 103 Å². The molecule has 1 aliphatic rings. The van der Waals surface area contributed by atoms with Gasteiger partial charge in [-0.15, -0.1) is 0 Å². The number of carboxylic acid groups (broad SMARTS) is 2. The zero-order chi connectivity index (χ0) is 13.1. The lowest BCUT2D eigenvalue weighted by Gasteiger charge is -2.30. The van der Waals surface area contributed by atoms with Gasteiger partial charge in [-0.25, -0.2) is 9.59 Å². The summed E-state index contributed by atoms with van der Waals surface area (Å²) in [4.78, 5) is 21.2. The molecule has 0 amide bonds. The van der Waals surface area contributed by atoms with Gasteiger partial charge in [0, 0.05) is 12.8 Å². The van der Waals surface area contributed by atoms with Gasteiger partial charge >= 0.3 is 12.3 Å². The van der Waals surface area contributed by atoms with Crippen LogP contribution in [0, 0.1) is 0 Å². The molecule has 0 bridgehead atoms. The normalized spacial score (nSPS) is 21.8. The summed E-state index contributed by atoms with van der Waals surface area (Å²) in [7, 11) is 0. The van der Waals surface area contributed by atoms with Crippen LogP contribution in [0.5, 0.6) is 0 Å². The maximum atomic E-state index is 10.6. The molecule has 1 aromatic carbocycles. The number of fused-ring (bicyclic) bond motifs is 1. The Morgan fingerprint density at radius 3 is 1.67 bits per heavy atom. The summed E-state index contributed by atoms with van der Waals surface area (Å²) in [6.07, 6.45) is -3.82. The summed E-state index contributed by atoms with van der Waals surface area (Å²) < 4.78 is 9.38. The van der Waals surface area contributed by atoms with E-state index in [0.717, 1.165) is 11.1 Å². The van der Waals surface area contributed by atoms with Crippen LogP contribution in [0.2, 0.25) is 0 Å². The number of hydrogen-bond donors (Lipinski definition) is 2. The predicted molar refractivity (Wildman–Crippen MR) is 59.6 cm³/mol. The van der Waals surface area contributed by atoms with Gasteiger partial charge < -0.3 is 19.7 Å². The Morgan fingerprint density at radius 1 is 0.944 bits per heavy atom. The van der Waals surface area contributed by atoms with E-state index in [9.17, 15) is 9.59 Å². The maximum Gasteiger partial charge on any atom is 0.506 e. The second-order valence-corrected chi connectivity index (χ2v) is 4.02. The molecule has 1 aromatic rings. The summed E-state index contributed by atoms with van der Waals surface area (Å²) in [5.74, 6) is 0. The smallest absolute Gasteiger partial charge is 0.450 e. The van der Waals surface area contributed by atoms with Crippen molar-refractivity contribution in [3.63, 3.8) is 0 Å². The average molecular weight is 252 g/mol. The molecule has 0 fully saturated rings. The summed E-state index contributed by atoms with van der Waals surface area (Å²) >= 11 is 0. The fourth-order valence-corrected chi connectivity index (χ4v) is 2.15. The van der Waals surface area contributed by atoms with Crippen molar-refractivity contribution in [1.29, 1.82) is 0 Å². The highest BCUT2D eigenvalue weighted by atomic mass is 16.7. The second-order valence-electron chi connectivity index (χ2n) is 4.02. The van der Waals surface area contributed by atoms with Crippen molar-refractivity contribution in [3.05, 3.63) is 35.4 Å². The van der Waals surface area contributed by atoms with Crippen molar-refractivity contribution in [2.45, 2.75) is 25.0 Å². The molecule has 1 aliphatic carbocycles. The zero-order valence-electron chi connectivity index (χ0n) is 9.41. The van der Waals surface area contributed by atoms with Crippen LogP contribution in [0.15, 0.2) is 24.3 Å². The molecular formula is C12H12O6. The van der Waals surface area contributed by atoms with E-state index in [-0.39, 0.29) is 0 Å². The van der Waals surface area contributed by atoms with E-state index in [2.05, 4.69) is 9.47 Å². The molecule has 0 aromatic heterocycles. The van der Waals surface area contributed by atoms with Crippen molar-refractivity contribution in [2.24, 2.45) is 0 Å². The molecule has 6 nitrogen and oxygen atoms in total. The Hall–Kier alpha value is -2.24. The third kappa shape index (κ3) is 2.71. The molecular weight excluding hydrogens is 240 g/mol. The lowest BCUT2D eigenvalue weighted by molar-refractivity contribution is -0.0435. The summed E-state index contributed by atoms with van der Waals surface area (Å²) in [5, 5.41) is 17.3. The molecule has 6 heteroatoms. The van der Waals surface area contributed by atoms with Crippen LogP contribution in [0.4, 0.5) is 9.59 Å². The minimum atomic E-state index is -1.43. The highest BCUT2D eigenvalue weighted by Crippen LogP contribution is 2.25. The molecule has 2 rings (SSSR count). The van der Waals surface area contributed by atoms with Gasteiger partial charge in [0.15, 0.2) is 0 Å². The van der Waals surface area contributed by atoms with Gasteiger partial charge in [-0.05, 0) is 11.1 Å². The van der Waals surface area contributed by atoms with Crippen molar-refractivity contribution in [2.75, 3.05) is 0 Å². The van der Waals surface area contributed by atoms with E-state index in [0.29, 0.717) is 12.8 Å². The molecule has 96 valence electrons. The Kier molecular flexibility index (Phi) is 3.36. The third-order valence-electron chi connectivity index (χ3n) is 2.88. The van der Waals surface area contributed by atoms with Gasteiger partial charge in [0.05, 0.1) is 0 Å². The van der Waals surface area contributed by atoms with Gasteiger partial charge in [0.1, 0.15) is 12.2 Å². The highest BCUT2D eigenvalue weighted by molar-refractivity contribution is 5.59. The minimum absolute atomic E-state index is 0.320. The molecule has 0 aliphatic heterocycles. The molecule has 0 saturated heterocycles. The fraction of sp³-hybridized carbons (Fsp3) is 0.333. The zero-order valence-corrected chi connectivity index (χ0v) is 9.41. The number of hydrogen-bond acceptors (Lipinski definition) is 4. The van der Waals surface area contributed by atoms with E-state index >= 15 is 0 Å². The van der Waals surface area contributed by atoms with E-state index in [4.69, 9.17) is 10.2 Å². The summed E-state index contributed by atoms with van der Waals surface area (Å²) in [5.41, 5.74) is 1.91. The molecule has 2 unspecified atom stereocenters. The van der Waals surface area contributed by atoms with Crippen LogP contribution in [-0.4, -0.2) is 34.7 Å². The quantitative estimate of drug-likeness (QED) is 0.781. The lowest BCUT2D eigenvalue weighted by Crippen LogP contribution is -2.41. The Morgan fingerprint density at radius 2 is 1.33 bits per heavy atom. The fourth-order valence-electron chi connectivity index (χ4n) is 2.15. The number of carbonyl (C=O) groups is 2. The predicted octanol–water partition coefficient (Wildman–Crippen LogP) is 1.91. The van der Waals surface area contributed by atoms with Crippen molar-refractivity contribution >= 4 is 12.3 Å². The van der Waals surface area contributed by atoms with Gasteiger partial charge in [0.2, 0.25) is 0 Å². The minimum Gasteiger partial charge on any atom is -0.450 e. The second kappa shape index (κ2) is 4.95. The van der Waals surface area contributed by atoms with Gasteiger partial charge in [-0.2, -0.15) is 0 Å². The first-order valence-corrected chi connectivity index (χ1v) is 5.42. The molecule has 0 heterocycles. The first-order valence-electron chi connectivity index (χ1n) is 5.42. The van der Waals surface area contributed by atoms with Gasteiger partial charge in [-0.3, -0.25) is 0 Å². The Balaban J connectivity index is 2.21. The molecule has 0 spiro atoms. The van der Waals surface area contributed by atoms with Gasteiger partial charge in [0.25, 0.3) is 0 Å². The summed E-state index contributed by atoms with van der Waals surface area (Å²) in [6, 6.07) is 7.42. The van der Waals surface area contributed by atoms with Crippen LogP contribution < -0.4 is 0 Å². The van der Waals surface area contributed by atoms with E-state index in [1.54, 1.807) is 0 Å². The topological polar surface area (TPSA) is 93.1 Å². The third-order valence-corrected chi connectivity index (χ3v) is 2.88.